The maximum Gasteiger partial charge on any atom is 0.310 e. The van der Waals surface area contributed by atoms with Gasteiger partial charge < -0.3 is 29.1 Å². The van der Waals surface area contributed by atoms with Crippen LogP contribution in [0.25, 0.3) is 11.0 Å². The van der Waals surface area contributed by atoms with E-state index >= 15 is 0 Å². The monoisotopic (exact) mass is 413 g/mol. The lowest BCUT2D eigenvalue weighted by molar-refractivity contribution is -0.147. The Morgan fingerprint density at radius 2 is 1.87 bits per heavy atom. The predicted octanol–water partition coefficient (Wildman–Crippen LogP) is 2.60. The van der Waals surface area contributed by atoms with Crippen LogP contribution in [0.15, 0.2) is 47.1 Å². The first-order valence-corrected chi connectivity index (χ1v) is 9.32. The minimum atomic E-state index is -0.541. The number of carbonyl (C=O) groups excluding carboxylic acids is 2. The molecule has 30 heavy (non-hydrogen) atoms. The highest BCUT2D eigenvalue weighted by Gasteiger charge is 2.13. The summed E-state index contributed by atoms with van der Waals surface area (Å²) >= 11 is 0. The summed E-state index contributed by atoms with van der Waals surface area (Å²) in [6, 6.07) is 10.2. The molecule has 0 fully saturated rings. The summed E-state index contributed by atoms with van der Waals surface area (Å²) in [5, 5.41) is 12.9. The van der Waals surface area contributed by atoms with Crippen LogP contribution in [0.4, 0.5) is 0 Å². The number of nitrogens with one attached hydrogen (secondary N) is 1. The van der Waals surface area contributed by atoms with Crippen molar-refractivity contribution in [2.45, 2.75) is 12.8 Å². The van der Waals surface area contributed by atoms with E-state index in [1.807, 2.05) is 12.1 Å². The van der Waals surface area contributed by atoms with Gasteiger partial charge in [0.05, 0.1) is 26.9 Å². The summed E-state index contributed by atoms with van der Waals surface area (Å²) in [5.74, 6) is 0.416. The molecule has 0 radical (unpaired) electrons. The summed E-state index contributed by atoms with van der Waals surface area (Å²) in [5.41, 5.74) is 2.08. The molecule has 0 unspecified atom stereocenters. The number of methoxy groups -OCH3 is 2. The largest absolute Gasteiger partial charge is 0.508 e. The minimum Gasteiger partial charge on any atom is -0.508 e. The standard InChI is InChI=1S/C22H23NO7/c1-27-18-6-3-14(9-20(18)28-2)7-8-23-21(25)13-30-22(26)10-15-12-29-19-11-16(24)4-5-17(15)19/h3-6,9,11-12,24H,7-8,10,13H2,1-2H3,(H,23,25). The summed E-state index contributed by atoms with van der Waals surface area (Å²) in [6.45, 7) is 0.0308. The second-order valence-electron chi connectivity index (χ2n) is 6.57. The number of esters is 1. The molecule has 1 heterocycles. The van der Waals surface area contributed by atoms with Crippen LogP contribution < -0.4 is 14.8 Å². The molecule has 2 aromatic carbocycles. The minimum absolute atomic E-state index is 0.0311. The molecule has 0 aliphatic heterocycles. The number of aromatic hydroxyl groups is 1. The first-order chi connectivity index (χ1) is 14.5. The number of hydrogen-bond acceptors (Lipinski definition) is 7. The summed E-state index contributed by atoms with van der Waals surface area (Å²) in [6.07, 6.45) is 2.00. The Labute approximate surface area is 173 Å². The molecule has 1 aromatic heterocycles. The molecule has 1 amide bonds. The van der Waals surface area contributed by atoms with Crippen molar-refractivity contribution >= 4 is 22.8 Å². The fourth-order valence-electron chi connectivity index (χ4n) is 2.99. The second-order valence-corrected chi connectivity index (χ2v) is 6.57. The molecule has 0 atom stereocenters. The highest BCUT2D eigenvalue weighted by atomic mass is 16.5. The Morgan fingerprint density at radius 3 is 2.63 bits per heavy atom. The second kappa shape index (κ2) is 9.69. The summed E-state index contributed by atoms with van der Waals surface area (Å²) in [7, 11) is 3.13. The lowest BCUT2D eigenvalue weighted by atomic mass is 10.1. The number of amides is 1. The van der Waals surface area contributed by atoms with Crippen LogP contribution in [0.5, 0.6) is 17.2 Å². The first kappa shape index (κ1) is 21.0. The van der Waals surface area contributed by atoms with Gasteiger partial charge in [-0.25, -0.2) is 0 Å². The molecule has 0 aliphatic carbocycles. The van der Waals surface area contributed by atoms with Gasteiger partial charge in [0.15, 0.2) is 18.1 Å². The highest BCUT2D eigenvalue weighted by Crippen LogP contribution is 2.27. The molecule has 0 spiro atoms. The molecule has 8 heteroatoms. The van der Waals surface area contributed by atoms with E-state index in [1.165, 1.54) is 18.4 Å². The van der Waals surface area contributed by atoms with Crippen LogP contribution in [0.1, 0.15) is 11.1 Å². The molecule has 0 aliphatic rings. The van der Waals surface area contributed by atoms with Gasteiger partial charge in [0, 0.05) is 23.6 Å². The third kappa shape index (κ3) is 5.22. The molecule has 2 N–H and O–H groups in total. The third-order valence-corrected chi connectivity index (χ3v) is 4.52. The fraction of sp³-hybridized carbons (Fsp3) is 0.273. The zero-order valence-electron chi connectivity index (χ0n) is 16.8. The first-order valence-electron chi connectivity index (χ1n) is 9.32. The summed E-state index contributed by atoms with van der Waals surface area (Å²) in [4.78, 5) is 24.0. The molecular formula is C22H23NO7. The number of phenols is 1. The molecule has 158 valence electrons. The quantitative estimate of drug-likeness (QED) is 0.519. The normalized spacial score (nSPS) is 10.6. The van der Waals surface area contributed by atoms with Crippen LogP contribution in [0.2, 0.25) is 0 Å². The van der Waals surface area contributed by atoms with Crippen molar-refractivity contribution in [3.8, 4) is 17.2 Å². The number of furan rings is 1. The molecule has 8 nitrogen and oxygen atoms in total. The van der Waals surface area contributed by atoms with E-state index in [0.717, 1.165) is 5.56 Å². The predicted molar refractivity (Wildman–Crippen MR) is 109 cm³/mol. The van der Waals surface area contributed by atoms with E-state index in [4.69, 9.17) is 18.6 Å². The topological polar surface area (TPSA) is 107 Å². The Balaban J connectivity index is 1.42. The van der Waals surface area contributed by atoms with E-state index in [1.54, 1.807) is 26.4 Å². The maximum atomic E-state index is 12.0. The fourth-order valence-corrected chi connectivity index (χ4v) is 2.99. The summed E-state index contributed by atoms with van der Waals surface area (Å²) < 4.78 is 20.8. The number of carbonyl (C=O) groups is 2. The highest BCUT2D eigenvalue weighted by molar-refractivity contribution is 5.87. The number of ether oxygens (including phenoxy) is 3. The Morgan fingerprint density at radius 1 is 1.07 bits per heavy atom. The average Bonchev–Trinajstić information content (AvgIpc) is 3.13. The van der Waals surface area contributed by atoms with Crippen LogP contribution in [0, 0.1) is 0 Å². The molecule has 3 aromatic rings. The smallest absolute Gasteiger partial charge is 0.310 e. The van der Waals surface area contributed by atoms with Crippen LogP contribution in [0.3, 0.4) is 0 Å². The van der Waals surface area contributed by atoms with Crippen molar-refractivity contribution in [3.63, 3.8) is 0 Å². The number of benzene rings is 2. The van der Waals surface area contributed by atoms with Crippen molar-refractivity contribution in [1.82, 2.24) is 5.32 Å². The van der Waals surface area contributed by atoms with E-state index in [2.05, 4.69) is 5.32 Å². The zero-order chi connectivity index (χ0) is 21.5. The van der Waals surface area contributed by atoms with Gasteiger partial charge in [0.25, 0.3) is 5.91 Å². The number of rotatable bonds is 9. The SMILES string of the molecule is COc1ccc(CCNC(=O)COC(=O)Cc2coc3cc(O)ccc23)cc1OC. The van der Waals surface area contributed by atoms with Gasteiger partial charge in [-0.3, -0.25) is 9.59 Å². The van der Waals surface area contributed by atoms with E-state index < -0.39 is 5.97 Å². The van der Waals surface area contributed by atoms with Gasteiger partial charge in [0.2, 0.25) is 0 Å². The molecule has 0 saturated heterocycles. The van der Waals surface area contributed by atoms with Gasteiger partial charge in [0.1, 0.15) is 11.3 Å². The van der Waals surface area contributed by atoms with Gasteiger partial charge in [-0.2, -0.15) is 0 Å². The number of fused-ring (bicyclic) bond motifs is 1. The van der Waals surface area contributed by atoms with Gasteiger partial charge in [-0.1, -0.05) is 6.07 Å². The van der Waals surface area contributed by atoms with Crippen LogP contribution >= 0.6 is 0 Å². The average molecular weight is 413 g/mol. The molecule has 0 bridgehead atoms. The molecule has 0 saturated carbocycles. The van der Waals surface area contributed by atoms with Crippen molar-refractivity contribution in [2.75, 3.05) is 27.4 Å². The third-order valence-electron chi connectivity index (χ3n) is 4.52. The van der Waals surface area contributed by atoms with E-state index in [9.17, 15) is 14.7 Å². The van der Waals surface area contributed by atoms with E-state index in [-0.39, 0.29) is 24.7 Å². The lowest BCUT2D eigenvalue weighted by Crippen LogP contribution is -2.30. The van der Waals surface area contributed by atoms with Gasteiger partial charge >= 0.3 is 5.97 Å². The van der Waals surface area contributed by atoms with Crippen molar-refractivity contribution in [2.24, 2.45) is 0 Å². The van der Waals surface area contributed by atoms with Crippen LogP contribution in [-0.2, 0) is 27.2 Å². The molecule has 3 rings (SSSR count). The van der Waals surface area contributed by atoms with Crippen molar-refractivity contribution in [1.29, 1.82) is 0 Å². The van der Waals surface area contributed by atoms with Gasteiger partial charge in [-0.15, -0.1) is 0 Å². The van der Waals surface area contributed by atoms with Crippen molar-refractivity contribution in [3.05, 3.63) is 53.8 Å². The number of hydrogen-bond donors (Lipinski definition) is 2. The van der Waals surface area contributed by atoms with E-state index in [0.29, 0.717) is 41.0 Å². The van der Waals surface area contributed by atoms with Crippen molar-refractivity contribution < 1.29 is 33.3 Å². The lowest BCUT2D eigenvalue weighted by Gasteiger charge is -2.10. The molecular weight excluding hydrogens is 390 g/mol. The van der Waals surface area contributed by atoms with Gasteiger partial charge in [-0.05, 0) is 36.2 Å². The van der Waals surface area contributed by atoms with Crippen LogP contribution in [-0.4, -0.2) is 44.4 Å². The number of phenolic OH excluding ortho intramolecular Hbond substituents is 1. The Hall–Kier alpha value is -3.68. The Bertz CT molecular complexity index is 1040. The maximum absolute atomic E-state index is 12.0. The Kier molecular flexibility index (Phi) is 6.79. The zero-order valence-corrected chi connectivity index (χ0v) is 16.8.